The predicted molar refractivity (Wildman–Crippen MR) is 64.7 cm³/mol. The quantitative estimate of drug-likeness (QED) is 0.712. The minimum Gasteiger partial charge on any atom is -0.396 e. The molecule has 0 bridgehead atoms. The minimum absolute atomic E-state index is 0.218. The Balaban J connectivity index is 2.07. The van der Waals surface area contributed by atoms with E-state index in [4.69, 9.17) is 5.73 Å². The molecule has 1 aliphatic rings. The van der Waals surface area contributed by atoms with Gasteiger partial charge in [-0.2, -0.15) is 0 Å². The molecular formula is C12H12N4O2. The fraction of sp³-hybridized carbons (Fsp3) is 0.250. The van der Waals surface area contributed by atoms with Crippen molar-refractivity contribution in [2.45, 2.75) is 18.8 Å². The van der Waals surface area contributed by atoms with Crippen LogP contribution in [0.2, 0.25) is 0 Å². The molecule has 1 unspecified atom stereocenters. The largest absolute Gasteiger partial charge is 0.396 e. The first-order valence-corrected chi connectivity index (χ1v) is 5.72. The molecule has 1 saturated heterocycles. The van der Waals surface area contributed by atoms with Crippen LogP contribution in [0.25, 0.3) is 5.65 Å². The zero-order valence-corrected chi connectivity index (χ0v) is 9.59. The Bertz CT molecular complexity index is 647. The monoisotopic (exact) mass is 244 g/mol. The van der Waals surface area contributed by atoms with Crippen LogP contribution in [0.4, 0.5) is 5.69 Å². The number of imidazole rings is 1. The lowest BCUT2D eigenvalue weighted by Crippen LogP contribution is -2.39. The average molecular weight is 244 g/mol. The van der Waals surface area contributed by atoms with E-state index in [2.05, 4.69) is 10.3 Å². The fourth-order valence-corrected chi connectivity index (χ4v) is 2.29. The summed E-state index contributed by atoms with van der Waals surface area (Å²) in [4.78, 5) is 27.2. The maximum Gasteiger partial charge on any atom is 0.235 e. The minimum atomic E-state index is -0.348. The Hall–Kier alpha value is -2.37. The molecule has 1 atom stereocenters. The Morgan fingerprint density at radius 1 is 1.44 bits per heavy atom. The van der Waals surface area contributed by atoms with Gasteiger partial charge in [-0.3, -0.25) is 14.9 Å². The number of aromatic nitrogens is 2. The van der Waals surface area contributed by atoms with Crippen LogP contribution in [0.1, 0.15) is 24.5 Å². The van der Waals surface area contributed by atoms with Crippen molar-refractivity contribution >= 4 is 23.1 Å². The molecule has 3 N–H and O–H groups in total. The highest BCUT2D eigenvalue weighted by Gasteiger charge is 2.30. The molecule has 0 aromatic carbocycles. The van der Waals surface area contributed by atoms with Crippen molar-refractivity contribution < 1.29 is 9.59 Å². The van der Waals surface area contributed by atoms with Crippen LogP contribution in [0.15, 0.2) is 24.5 Å². The zero-order valence-electron chi connectivity index (χ0n) is 9.59. The number of carbonyl (C=O) groups is 2. The van der Waals surface area contributed by atoms with Crippen LogP contribution < -0.4 is 11.1 Å². The first kappa shape index (κ1) is 10.8. The van der Waals surface area contributed by atoms with Crippen molar-refractivity contribution in [2.24, 2.45) is 0 Å². The summed E-state index contributed by atoms with van der Waals surface area (Å²) in [5.41, 5.74) is 7.79. The molecule has 0 radical (unpaired) electrons. The number of nitrogens with two attached hydrogens (primary N) is 1. The Morgan fingerprint density at radius 3 is 3.06 bits per heavy atom. The van der Waals surface area contributed by atoms with E-state index in [1.807, 2.05) is 6.20 Å². The number of amides is 2. The number of hydrogen-bond acceptors (Lipinski definition) is 4. The van der Waals surface area contributed by atoms with E-state index in [-0.39, 0.29) is 17.7 Å². The van der Waals surface area contributed by atoms with Gasteiger partial charge in [0, 0.05) is 12.6 Å². The summed E-state index contributed by atoms with van der Waals surface area (Å²) in [6.07, 6.45) is 4.32. The number of nitrogens with zero attached hydrogens (tertiary/aromatic N) is 2. The lowest BCUT2D eigenvalue weighted by Gasteiger charge is -2.20. The highest BCUT2D eigenvalue weighted by atomic mass is 16.2. The molecule has 2 aromatic rings. The molecule has 1 fully saturated rings. The third-order valence-electron chi connectivity index (χ3n) is 3.19. The van der Waals surface area contributed by atoms with Gasteiger partial charge in [-0.15, -0.1) is 0 Å². The predicted octanol–water partition coefficient (Wildman–Crippen LogP) is 0.437. The van der Waals surface area contributed by atoms with E-state index in [9.17, 15) is 9.59 Å². The molecule has 1 aliphatic heterocycles. The van der Waals surface area contributed by atoms with E-state index in [1.54, 1.807) is 22.7 Å². The second-order valence-corrected chi connectivity index (χ2v) is 4.34. The van der Waals surface area contributed by atoms with Gasteiger partial charge >= 0.3 is 0 Å². The summed E-state index contributed by atoms with van der Waals surface area (Å²) >= 11 is 0. The number of anilines is 1. The summed E-state index contributed by atoms with van der Waals surface area (Å²) in [7, 11) is 0. The number of nitrogen functional groups attached to an aromatic ring is 1. The van der Waals surface area contributed by atoms with Gasteiger partial charge in [0.15, 0.2) is 5.65 Å². The number of carbonyl (C=O) groups excluding carboxylic acids is 2. The van der Waals surface area contributed by atoms with E-state index < -0.39 is 0 Å². The molecule has 6 heteroatoms. The van der Waals surface area contributed by atoms with Crippen LogP contribution in [-0.2, 0) is 9.59 Å². The average Bonchev–Trinajstić information content (AvgIpc) is 2.74. The van der Waals surface area contributed by atoms with Crippen molar-refractivity contribution in [3.63, 3.8) is 0 Å². The molecule has 18 heavy (non-hydrogen) atoms. The van der Waals surface area contributed by atoms with E-state index in [1.165, 1.54) is 0 Å². The van der Waals surface area contributed by atoms with Crippen molar-refractivity contribution in [3.05, 3.63) is 30.2 Å². The fourth-order valence-electron chi connectivity index (χ4n) is 2.29. The molecule has 6 nitrogen and oxygen atoms in total. The van der Waals surface area contributed by atoms with Gasteiger partial charge in [0.25, 0.3) is 0 Å². The van der Waals surface area contributed by atoms with Gasteiger partial charge in [0.1, 0.15) is 0 Å². The second-order valence-electron chi connectivity index (χ2n) is 4.34. The van der Waals surface area contributed by atoms with Gasteiger partial charge in [0.05, 0.1) is 23.5 Å². The Kier molecular flexibility index (Phi) is 2.29. The number of hydrogen-bond donors (Lipinski definition) is 2. The van der Waals surface area contributed by atoms with E-state index >= 15 is 0 Å². The van der Waals surface area contributed by atoms with Gasteiger partial charge in [-0.25, -0.2) is 4.98 Å². The summed E-state index contributed by atoms with van der Waals surface area (Å²) in [6, 6.07) is 3.57. The number of pyridine rings is 1. The van der Waals surface area contributed by atoms with E-state index in [0.29, 0.717) is 24.2 Å². The highest BCUT2D eigenvalue weighted by Crippen LogP contribution is 2.26. The molecule has 0 spiro atoms. The number of rotatable bonds is 1. The number of nitrogens with one attached hydrogen (secondary N) is 1. The third-order valence-corrected chi connectivity index (χ3v) is 3.19. The van der Waals surface area contributed by atoms with Crippen LogP contribution in [0.5, 0.6) is 0 Å². The molecule has 3 heterocycles. The molecule has 0 aliphatic carbocycles. The molecule has 3 rings (SSSR count). The zero-order chi connectivity index (χ0) is 12.7. The maximum absolute atomic E-state index is 11.8. The van der Waals surface area contributed by atoms with Gasteiger partial charge in [-0.1, -0.05) is 0 Å². The summed E-state index contributed by atoms with van der Waals surface area (Å²) in [5.74, 6) is -0.834. The smallest absolute Gasteiger partial charge is 0.235 e. The lowest BCUT2D eigenvalue weighted by molar-refractivity contribution is -0.134. The lowest BCUT2D eigenvalue weighted by atomic mass is 9.95. The van der Waals surface area contributed by atoms with Crippen molar-refractivity contribution in [3.8, 4) is 0 Å². The highest BCUT2D eigenvalue weighted by molar-refractivity contribution is 6.00. The summed E-state index contributed by atoms with van der Waals surface area (Å²) in [5, 5.41) is 2.35. The molecular weight excluding hydrogens is 232 g/mol. The van der Waals surface area contributed by atoms with Crippen molar-refractivity contribution in [1.29, 1.82) is 0 Å². The molecule has 92 valence electrons. The third kappa shape index (κ3) is 1.54. The van der Waals surface area contributed by atoms with Crippen molar-refractivity contribution in [2.75, 3.05) is 5.73 Å². The molecule has 2 amide bonds. The standard InChI is InChI=1S/C12H12N4O2/c13-8-2-1-5-16-9(6-14-11(8)16)7-3-4-10(17)15-12(7)18/h1-2,5-7H,3-4,13H2,(H,15,17,18). The Morgan fingerprint density at radius 2 is 2.28 bits per heavy atom. The number of imide groups is 1. The summed E-state index contributed by atoms with van der Waals surface area (Å²) in [6.45, 7) is 0. The second kappa shape index (κ2) is 3.83. The van der Waals surface area contributed by atoms with Gasteiger partial charge in [-0.05, 0) is 18.6 Å². The first-order chi connectivity index (χ1) is 8.66. The van der Waals surface area contributed by atoms with Crippen LogP contribution in [0, 0.1) is 0 Å². The van der Waals surface area contributed by atoms with Crippen molar-refractivity contribution in [1.82, 2.24) is 14.7 Å². The van der Waals surface area contributed by atoms with E-state index in [0.717, 1.165) is 5.69 Å². The SMILES string of the molecule is Nc1cccn2c(C3CCC(=O)NC3=O)cnc12. The van der Waals surface area contributed by atoms with Gasteiger partial charge < -0.3 is 10.1 Å². The van der Waals surface area contributed by atoms with Crippen LogP contribution in [-0.4, -0.2) is 21.2 Å². The topological polar surface area (TPSA) is 89.5 Å². The number of piperidine rings is 1. The normalized spacial score (nSPS) is 20.1. The maximum atomic E-state index is 11.8. The Labute approximate surface area is 103 Å². The van der Waals surface area contributed by atoms with Crippen LogP contribution in [0.3, 0.4) is 0 Å². The molecule has 2 aromatic heterocycles. The molecule has 0 saturated carbocycles. The first-order valence-electron chi connectivity index (χ1n) is 5.72. The van der Waals surface area contributed by atoms with Gasteiger partial charge in [0.2, 0.25) is 11.8 Å². The number of fused-ring (bicyclic) bond motifs is 1. The van der Waals surface area contributed by atoms with Crippen LogP contribution >= 0.6 is 0 Å². The summed E-state index contributed by atoms with van der Waals surface area (Å²) < 4.78 is 1.80.